The summed E-state index contributed by atoms with van der Waals surface area (Å²) in [4.78, 5) is 12.4. The zero-order valence-corrected chi connectivity index (χ0v) is 15.2. The average molecular weight is 381 g/mol. The number of nitrogens with one attached hydrogen (secondary N) is 1. The molecule has 2 aromatic rings. The van der Waals surface area contributed by atoms with Crippen molar-refractivity contribution in [3.05, 3.63) is 53.6 Å². The fourth-order valence-corrected chi connectivity index (χ4v) is 2.40. The Morgan fingerprint density at radius 2 is 1.78 bits per heavy atom. The standard InChI is InChI=1S/C20H22F3NO3/c1-3-5-12-27-17-11-10-14(13-18(17)26-4-2)19(25)24-16-9-7-6-8-15(16)20(21,22)23/h6-11,13H,3-5,12H2,1-2H3,(H,24,25). The van der Waals surface area contributed by atoms with Crippen LogP contribution in [-0.2, 0) is 6.18 Å². The van der Waals surface area contributed by atoms with E-state index in [9.17, 15) is 18.0 Å². The van der Waals surface area contributed by atoms with Gasteiger partial charge in [-0.3, -0.25) is 4.79 Å². The number of hydrogen-bond acceptors (Lipinski definition) is 3. The number of benzene rings is 2. The Morgan fingerprint density at radius 1 is 1.04 bits per heavy atom. The Morgan fingerprint density at radius 3 is 2.44 bits per heavy atom. The minimum atomic E-state index is -4.56. The molecule has 0 aliphatic carbocycles. The minimum absolute atomic E-state index is 0.179. The van der Waals surface area contributed by atoms with Crippen molar-refractivity contribution >= 4 is 11.6 Å². The van der Waals surface area contributed by atoms with Crippen LogP contribution in [0, 0.1) is 0 Å². The third-order valence-electron chi connectivity index (χ3n) is 3.74. The largest absolute Gasteiger partial charge is 0.490 e. The Balaban J connectivity index is 2.23. The molecule has 0 radical (unpaired) electrons. The lowest BCUT2D eigenvalue weighted by Gasteiger charge is -2.15. The molecule has 0 saturated heterocycles. The summed E-state index contributed by atoms with van der Waals surface area (Å²) in [5.74, 6) is 0.218. The molecule has 0 spiro atoms. The number of amides is 1. The van der Waals surface area contributed by atoms with Crippen molar-refractivity contribution in [2.75, 3.05) is 18.5 Å². The van der Waals surface area contributed by atoms with E-state index < -0.39 is 17.6 Å². The smallest absolute Gasteiger partial charge is 0.418 e. The summed E-state index contributed by atoms with van der Waals surface area (Å²) in [6.45, 7) is 4.72. The molecule has 27 heavy (non-hydrogen) atoms. The Hall–Kier alpha value is -2.70. The van der Waals surface area contributed by atoms with Gasteiger partial charge in [0.2, 0.25) is 0 Å². The minimum Gasteiger partial charge on any atom is -0.490 e. The fourth-order valence-electron chi connectivity index (χ4n) is 2.40. The summed E-state index contributed by atoms with van der Waals surface area (Å²) in [6.07, 6.45) is -2.71. The number of carbonyl (C=O) groups is 1. The van der Waals surface area contributed by atoms with Gasteiger partial charge >= 0.3 is 6.18 Å². The first-order chi connectivity index (χ1) is 12.9. The zero-order valence-electron chi connectivity index (χ0n) is 15.2. The molecule has 2 rings (SSSR count). The lowest BCUT2D eigenvalue weighted by Crippen LogP contribution is -2.16. The lowest BCUT2D eigenvalue weighted by atomic mass is 10.1. The van der Waals surface area contributed by atoms with Crippen LogP contribution in [-0.4, -0.2) is 19.1 Å². The molecular weight excluding hydrogens is 359 g/mol. The van der Waals surface area contributed by atoms with Gasteiger partial charge < -0.3 is 14.8 Å². The molecule has 4 nitrogen and oxygen atoms in total. The monoisotopic (exact) mass is 381 g/mol. The van der Waals surface area contributed by atoms with Crippen LogP contribution in [0.5, 0.6) is 11.5 Å². The number of anilines is 1. The molecule has 146 valence electrons. The van der Waals surface area contributed by atoms with E-state index >= 15 is 0 Å². The van der Waals surface area contributed by atoms with Crippen molar-refractivity contribution < 1.29 is 27.4 Å². The summed E-state index contributed by atoms with van der Waals surface area (Å²) in [7, 11) is 0. The van der Waals surface area contributed by atoms with Gasteiger partial charge in [-0.05, 0) is 43.7 Å². The van der Waals surface area contributed by atoms with E-state index in [2.05, 4.69) is 5.32 Å². The Kier molecular flexibility index (Phi) is 7.10. The lowest BCUT2D eigenvalue weighted by molar-refractivity contribution is -0.136. The van der Waals surface area contributed by atoms with Crippen LogP contribution in [0.3, 0.4) is 0 Å². The zero-order chi connectivity index (χ0) is 19.9. The first-order valence-electron chi connectivity index (χ1n) is 8.74. The van der Waals surface area contributed by atoms with Gasteiger partial charge in [0, 0.05) is 5.56 Å². The van der Waals surface area contributed by atoms with E-state index in [1.165, 1.54) is 30.3 Å². The van der Waals surface area contributed by atoms with Gasteiger partial charge in [-0.2, -0.15) is 13.2 Å². The molecule has 0 bridgehead atoms. The van der Waals surface area contributed by atoms with Crippen LogP contribution >= 0.6 is 0 Å². The van der Waals surface area contributed by atoms with Crippen LogP contribution < -0.4 is 14.8 Å². The second kappa shape index (κ2) is 9.30. The van der Waals surface area contributed by atoms with Crippen molar-refractivity contribution in [3.8, 4) is 11.5 Å². The van der Waals surface area contributed by atoms with Crippen molar-refractivity contribution in [3.63, 3.8) is 0 Å². The van der Waals surface area contributed by atoms with Crippen LogP contribution in [0.1, 0.15) is 42.6 Å². The number of hydrogen-bond donors (Lipinski definition) is 1. The third kappa shape index (κ3) is 5.64. The number of halogens is 3. The second-order valence-corrected chi connectivity index (χ2v) is 5.79. The number of unbranched alkanes of at least 4 members (excludes halogenated alkanes) is 1. The summed E-state index contributed by atoms with van der Waals surface area (Å²) in [5.41, 5.74) is -1.02. The van der Waals surface area contributed by atoms with Crippen LogP contribution in [0.15, 0.2) is 42.5 Å². The van der Waals surface area contributed by atoms with Gasteiger partial charge in [0.25, 0.3) is 5.91 Å². The summed E-state index contributed by atoms with van der Waals surface area (Å²) in [5, 5.41) is 2.32. The molecule has 1 amide bonds. The molecule has 0 aliphatic heterocycles. The van der Waals surface area contributed by atoms with E-state index in [4.69, 9.17) is 9.47 Å². The molecule has 0 saturated carbocycles. The predicted molar refractivity (Wildman–Crippen MR) is 97.4 cm³/mol. The topological polar surface area (TPSA) is 47.6 Å². The Bertz CT molecular complexity index is 775. The maximum atomic E-state index is 13.1. The average Bonchev–Trinajstić information content (AvgIpc) is 2.63. The Labute approximate surface area is 156 Å². The number of carbonyl (C=O) groups excluding carboxylic acids is 1. The highest BCUT2D eigenvalue weighted by atomic mass is 19.4. The summed E-state index contributed by atoms with van der Waals surface area (Å²) >= 11 is 0. The maximum absolute atomic E-state index is 13.1. The van der Waals surface area contributed by atoms with Gasteiger partial charge in [0.05, 0.1) is 24.5 Å². The highest BCUT2D eigenvalue weighted by Crippen LogP contribution is 2.35. The van der Waals surface area contributed by atoms with Gasteiger partial charge in [0.15, 0.2) is 11.5 Å². The van der Waals surface area contributed by atoms with E-state index in [0.29, 0.717) is 24.7 Å². The maximum Gasteiger partial charge on any atom is 0.418 e. The first kappa shape index (κ1) is 20.6. The third-order valence-corrected chi connectivity index (χ3v) is 3.74. The molecule has 0 atom stereocenters. The summed E-state index contributed by atoms with van der Waals surface area (Å²) < 4.78 is 50.4. The molecule has 0 heterocycles. The van der Waals surface area contributed by atoms with Crippen molar-refractivity contribution in [2.45, 2.75) is 32.9 Å². The van der Waals surface area contributed by atoms with E-state index in [0.717, 1.165) is 18.9 Å². The quantitative estimate of drug-likeness (QED) is 0.611. The molecule has 2 aromatic carbocycles. The number of rotatable bonds is 8. The van der Waals surface area contributed by atoms with Gasteiger partial charge in [0.1, 0.15) is 0 Å². The van der Waals surface area contributed by atoms with Crippen molar-refractivity contribution in [1.29, 1.82) is 0 Å². The molecule has 7 heteroatoms. The normalized spacial score (nSPS) is 11.1. The fraction of sp³-hybridized carbons (Fsp3) is 0.350. The van der Waals surface area contributed by atoms with E-state index in [-0.39, 0.29) is 11.3 Å². The molecule has 0 aliphatic rings. The molecule has 1 N–H and O–H groups in total. The highest BCUT2D eigenvalue weighted by Gasteiger charge is 2.33. The van der Waals surface area contributed by atoms with Crippen LogP contribution in [0.4, 0.5) is 18.9 Å². The first-order valence-corrected chi connectivity index (χ1v) is 8.74. The highest BCUT2D eigenvalue weighted by molar-refractivity contribution is 6.05. The number of para-hydroxylation sites is 1. The van der Waals surface area contributed by atoms with Crippen molar-refractivity contribution in [2.24, 2.45) is 0 Å². The van der Waals surface area contributed by atoms with Crippen LogP contribution in [0.25, 0.3) is 0 Å². The van der Waals surface area contributed by atoms with Gasteiger partial charge in [-0.1, -0.05) is 25.5 Å². The summed E-state index contributed by atoms with van der Waals surface area (Å²) in [6, 6.07) is 9.39. The molecular formula is C20H22F3NO3. The van der Waals surface area contributed by atoms with E-state index in [1.807, 2.05) is 6.92 Å². The number of ether oxygens (including phenoxy) is 2. The van der Waals surface area contributed by atoms with E-state index in [1.54, 1.807) is 13.0 Å². The SMILES string of the molecule is CCCCOc1ccc(C(=O)Nc2ccccc2C(F)(F)F)cc1OCC. The molecule has 0 fully saturated rings. The molecule has 0 unspecified atom stereocenters. The van der Waals surface area contributed by atoms with Crippen molar-refractivity contribution in [1.82, 2.24) is 0 Å². The molecule has 0 aromatic heterocycles. The van der Waals surface area contributed by atoms with Gasteiger partial charge in [-0.15, -0.1) is 0 Å². The predicted octanol–water partition coefficient (Wildman–Crippen LogP) is 5.54. The van der Waals surface area contributed by atoms with Crippen LogP contribution in [0.2, 0.25) is 0 Å². The van der Waals surface area contributed by atoms with Gasteiger partial charge in [-0.25, -0.2) is 0 Å². The second-order valence-electron chi connectivity index (χ2n) is 5.79. The number of alkyl halides is 3.